The summed E-state index contributed by atoms with van der Waals surface area (Å²) in [6.45, 7) is -0.130. The molecule has 1 amide bonds. The van der Waals surface area contributed by atoms with Gasteiger partial charge in [0.2, 0.25) is 5.88 Å². The lowest BCUT2D eigenvalue weighted by Crippen LogP contribution is -2.36. The van der Waals surface area contributed by atoms with Crippen LogP contribution in [0.5, 0.6) is 5.88 Å². The first kappa shape index (κ1) is 25.3. The summed E-state index contributed by atoms with van der Waals surface area (Å²) in [5.41, 5.74) is -0.384. The quantitative estimate of drug-likeness (QED) is 0.188. The summed E-state index contributed by atoms with van der Waals surface area (Å²) in [5.74, 6) is 5.70. The number of rotatable bonds is 8. The molecule has 0 radical (unpaired) electrons. The van der Waals surface area contributed by atoms with Gasteiger partial charge in [0, 0.05) is 17.0 Å². The Hall–Kier alpha value is -3.77. The minimum Gasteiger partial charge on any atom is -0.480 e. The highest BCUT2D eigenvalue weighted by atomic mass is 35.5. The molecule has 1 aromatic carbocycles. The zero-order valence-electron chi connectivity index (χ0n) is 18.7. The van der Waals surface area contributed by atoms with Gasteiger partial charge in [-0.3, -0.25) is 9.36 Å². The Morgan fingerprint density at radius 3 is 2.78 bits per heavy atom. The van der Waals surface area contributed by atoms with E-state index in [1.165, 1.54) is 18.4 Å². The van der Waals surface area contributed by atoms with E-state index in [1.807, 2.05) is 0 Å². The van der Waals surface area contributed by atoms with Gasteiger partial charge in [0.05, 0.1) is 23.1 Å². The van der Waals surface area contributed by atoms with Crippen LogP contribution in [0.15, 0.2) is 30.3 Å². The monoisotopic (exact) mass is 545 g/mol. The lowest BCUT2D eigenvalue weighted by atomic mass is 10.2. The SMILES string of the molecule is COc1c(C(=O)NC2(C#N)CC2)nc(-c2ccc(Cl)cc2Cl)n1-c1ccc(C#CCCO[N+](=O)[O-])s1. The maximum atomic E-state index is 13.1. The molecule has 0 aliphatic heterocycles. The molecule has 0 spiro atoms. The minimum absolute atomic E-state index is 0.00185. The van der Waals surface area contributed by atoms with E-state index in [0.717, 1.165) is 0 Å². The first-order valence-corrected chi connectivity index (χ1v) is 12.1. The Morgan fingerprint density at radius 2 is 2.14 bits per heavy atom. The van der Waals surface area contributed by atoms with E-state index in [1.54, 1.807) is 34.9 Å². The maximum Gasteiger partial charge on any atom is 0.294 e. The molecule has 184 valence electrons. The fraction of sp³-hybridized carbons (Fsp3) is 0.261. The predicted molar refractivity (Wildman–Crippen MR) is 133 cm³/mol. The third-order valence-corrected chi connectivity index (χ3v) is 6.71. The Labute approximate surface area is 219 Å². The summed E-state index contributed by atoms with van der Waals surface area (Å²) >= 11 is 13.8. The number of methoxy groups -OCH3 is 1. The Morgan fingerprint density at radius 1 is 1.36 bits per heavy atom. The normalized spacial score (nSPS) is 13.2. The number of imidazole rings is 1. The van der Waals surface area contributed by atoms with Crippen LogP contribution in [0.25, 0.3) is 16.4 Å². The van der Waals surface area contributed by atoms with Crippen LogP contribution in [-0.4, -0.2) is 39.8 Å². The summed E-state index contributed by atoms with van der Waals surface area (Å²) < 4.78 is 7.25. The average molecular weight is 546 g/mol. The molecule has 1 fully saturated rings. The number of nitriles is 1. The smallest absolute Gasteiger partial charge is 0.294 e. The molecule has 0 unspecified atom stereocenters. The number of nitrogens with one attached hydrogen (secondary N) is 1. The van der Waals surface area contributed by atoms with E-state index in [-0.39, 0.29) is 24.6 Å². The summed E-state index contributed by atoms with van der Waals surface area (Å²) in [5, 5.41) is 22.9. The molecule has 1 saturated carbocycles. The lowest BCUT2D eigenvalue weighted by molar-refractivity contribution is -0.757. The molecule has 0 saturated heterocycles. The van der Waals surface area contributed by atoms with Crippen molar-refractivity contribution in [1.82, 2.24) is 14.9 Å². The number of carbonyl (C=O) groups excluding carboxylic acids is 1. The number of benzene rings is 1. The van der Waals surface area contributed by atoms with Crippen molar-refractivity contribution in [2.45, 2.75) is 24.8 Å². The van der Waals surface area contributed by atoms with Gasteiger partial charge < -0.3 is 14.9 Å². The van der Waals surface area contributed by atoms with Crippen LogP contribution in [0.1, 0.15) is 34.6 Å². The zero-order chi connectivity index (χ0) is 25.9. The second-order valence-electron chi connectivity index (χ2n) is 7.65. The molecule has 1 aliphatic carbocycles. The number of carbonyl (C=O) groups is 1. The molecule has 1 aliphatic rings. The predicted octanol–water partition coefficient (Wildman–Crippen LogP) is 4.65. The van der Waals surface area contributed by atoms with Gasteiger partial charge in [-0.2, -0.15) is 5.26 Å². The molecular formula is C23H17Cl2N5O5S. The van der Waals surface area contributed by atoms with Gasteiger partial charge in [0.25, 0.3) is 11.0 Å². The van der Waals surface area contributed by atoms with Gasteiger partial charge in [0.15, 0.2) is 11.5 Å². The number of halogens is 2. The highest BCUT2D eigenvalue weighted by Crippen LogP contribution is 2.39. The van der Waals surface area contributed by atoms with Gasteiger partial charge in [-0.05, 0) is 43.2 Å². The summed E-state index contributed by atoms with van der Waals surface area (Å²) in [6, 6.07) is 10.6. The van der Waals surface area contributed by atoms with Crippen LogP contribution < -0.4 is 10.1 Å². The number of amides is 1. The fourth-order valence-electron chi connectivity index (χ4n) is 3.30. The largest absolute Gasteiger partial charge is 0.480 e. The molecule has 3 aromatic rings. The minimum atomic E-state index is -0.894. The number of hydrogen-bond donors (Lipinski definition) is 1. The standard InChI is InChI=1S/C23H17Cl2N5O5S/c1-34-22-19(21(31)28-23(13-26)9-10-23)27-20(16-7-5-14(24)12-17(16)25)29(22)18-8-6-15(36-18)4-2-3-11-35-30(32)33/h5-8,12H,3,9-11H2,1H3,(H,28,31). The van der Waals surface area contributed by atoms with E-state index >= 15 is 0 Å². The van der Waals surface area contributed by atoms with Crippen LogP contribution in [0, 0.1) is 33.3 Å². The van der Waals surface area contributed by atoms with Crippen molar-refractivity contribution in [3.63, 3.8) is 0 Å². The topological polar surface area (TPSA) is 132 Å². The van der Waals surface area contributed by atoms with Crippen LogP contribution in [0.3, 0.4) is 0 Å². The number of ether oxygens (including phenoxy) is 1. The van der Waals surface area contributed by atoms with Crippen molar-refractivity contribution in [3.05, 3.63) is 61.1 Å². The van der Waals surface area contributed by atoms with E-state index in [2.05, 4.69) is 33.0 Å². The van der Waals surface area contributed by atoms with Crippen molar-refractivity contribution in [2.75, 3.05) is 13.7 Å². The first-order valence-electron chi connectivity index (χ1n) is 10.5. The molecular weight excluding hydrogens is 529 g/mol. The molecule has 10 nitrogen and oxygen atoms in total. The van der Waals surface area contributed by atoms with Crippen molar-refractivity contribution >= 4 is 40.4 Å². The van der Waals surface area contributed by atoms with E-state index in [9.17, 15) is 20.2 Å². The molecule has 2 heterocycles. The second-order valence-corrected chi connectivity index (χ2v) is 9.55. The van der Waals surface area contributed by atoms with Crippen molar-refractivity contribution in [1.29, 1.82) is 5.26 Å². The number of aromatic nitrogens is 2. The molecule has 2 aromatic heterocycles. The third-order valence-electron chi connectivity index (χ3n) is 5.18. The Balaban J connectivity index is 1.76. The van der Waals surface area contributed by atoms with Crippen LogP contribution >= 0.6 is 34.5 Å². The van der Waals surface area contributed by atoms with Gasteiger partial charge in [-0.15, -0.1) is 21.5 Å². The van der Waals surface area contributed by atoms with E-state index in [0.29, 0.717) is 44.2 Å². The van der Waals surface area contributed by atoms with Gasteiger partial charge >= 0.3 is 0 Å². The van der Waals surface area contributed by atoms with Gasteiger partial charge in [-0.1, -0.05) is 35.0 Å². The first-order chi connectivity index (χ1) is 17.3. The Bertz CT molecular complexity index is 1450. The molecule has 1 N–H and O–H groups in total. The number of hydrogen-bond acceptors (Lipinski definition) is 8. The van der Waals surface area contributed by atoms with Crippen molar-refractivity contribution in [3.8, 4) is 40.2 Å². The molecule has 36 heavy (non-hydrogen) atoms. The summed E-state index contributed by atoms with van der Waals surface area (Å²) in [7, 11) is 1.42. The van der Waals surface area contributed by atoms with E-state index < -0.39 is 16.5 Å². The molecule has 4 rings (SSSR count). The Kier molecular flexibility index (Phi) is 7.36. The maximum absolute atomic E-state index is 13.1. The number of thiophene rings is 1. The third kappa shape index (κ3) is 5.39. The van der Waals surface area contributed by atoms with Crippen molar-refractivity contribution in [2.24, 2.45) is 0 Å². The molecule has 0 bridgehead atoms. The zero-order valence-corrected chi connectivity index (χ0v) is 21.0. The van der Waals surface area contributed by atoms with Crippen LogP contribution in [0.2, 0.25) is 10.0 Å². The van der Waals surface area contributed by atoms with Crippen molar-refractivity contribution < 1.29 is 19.5 Å². The van der Waals surface area contributed by atoms with Crippen LogP contribution in [0.4, 0.5) is 0 Å². The molecule has 0 atom stereocenters. The number of nitrogens with zero attached hydrogens (tertiary/aromatic N) is 4. The fourth-order valence-corrected chi connectivity index (χ4v) is 4.67. The highest BCUT2D eigenvalue weighted by molar-refractivity contribution is 7.15. The molecule has 13 heteroatoms. The summed E-state index contributed by atoms with van der Waals surface area (Å²) in [4.78, 5) is 32.8. The highest BCUT2D eigenvalue weighted by Gasteiger charge is 2.45. The van der Waals surface area contributed by atoms with Gasteiger partial charge in [-0.25, -0.2) is 4.98 Å². The summed E-state index contributed by atoms with van der Waals surface area (Å²) in [6.07, 6.45) is 1.31. The lowest BCUT2D eigenvalue weighted by Gasteiger charge is -2.11. The second kappa shape index (κ2) is 10.5. The van der Waals surface area contributed by atoms with Gasteiger partial charge in [0.1, 0.15) is 17.1 Å². The van der Waals surface area contributed by atoms with E-state index in [4.69, 9.17) is 27.9 Å². The van der Waals surface area contributed by atoms with Crippen LogP contribution in [-0.2, 0) is 4.84 Å². The average Bonchev–Trinajstić information content (AvgIpc) is 3.28.